The summed E-state index contributed by atoms with van der Waals surface area (Å²) in [5, 5.41) is 9.76. The summed E-state index contributed by atoms with van der Waals surface area (Å²) in [5.41, 5.74) is 3.42. The van der Waals surface area contributed by atoms with Gasteiger partial charge < -0.3 is 14.4 Å². The van der Waals surface area contributed by atoms with Crippen molar-refractivity contribution in [2.75, 3.05) is 0 Å². The molecule has 1 fully saturated rings. The first-order valence-corrected chi connectivity index (χ1v) is 12.2. The third kappa shape index (κ3) is 4.43. The van der Waals surface area contributed by atoms with Crippen molar-refractivity contribution in [2.45, 2.75) is 39.8 Å². The van der Waals surface area contributed by atoms with Crippen LogP contribution in [0.3, 0.4) is 0 Å². The zero-order valence-corrected chi connectivity index (χ0v) is 21.2. The van der Waals surface area contributed by atoms with Crippen LogP contribution >= 0.6 is 15.9 Å². The predicted octanol–water partition coefficient (Wildman–Crippen LogP) is 6.09. The Morgan fingerprint density at radius 2 is 2.00 bits per heavy atom. The van der Waals surface area contributed by atoms with E-state index in [1.54, 1.807) is 18.3 Å². The van der Waals surface area contributed by atoms with Crippen molar-refractivity contribution in [3.63, 3.8) is 0 Å². The number of aryl methyl sites for hydroxylation is 1. The third-order valence-electron chi connectivity index (χ3n) is 6.82. The monoisotopic (exact) mass is 537 g/mol. The number of carboxylic acid groups (broad SMARTS) is 1. The molecule has 1 aliphatic rings. The normalized spacial score (nSPS) is 18.5. The quantitative estimate of drug-likeness (QED) is 0.308. The number of halogens is 2. The van der Waals surface area contributed by atoms with Gasteiger partial charge in [0, 0.05) is 28.2 Å². The van der Waals surface area contributed by atoms with Gasteiger partial charge >= 0.3 is 5.97 Å². The molecule has 0 saturated heterocycles. The Bertz CT molecular complexity index is 1430. The number of carboxylic acids is 1. The molecule has 35 heavy (non-hydrogen) atoms. The molecule has 2 aromatic heterocycles. The Kier molecular flexibility index (Phi) is 5.87. The van der Waals surface area contributed by atoms with Gasteiger partial charge in [-0.05, 0) is 48.2 Å². The molecule has 0 spiro atoms. The molecule has 6 nitrogen and oxygen atoms in total. The van der Waals surface area contributed by atoms with Crippen LogP contribution in [0.4, 0.5) is 4.39 Å². The van der Waals surface area contributed by atoms with E-state index in [0.29, 0.717) is 33.7 Å². The van der Waals surface area contributed by atoms with Crippen LogP contribution in [-0.2, 0) is 17.9 Å². The maximum atomic E-state index is 14.8. The summed E-state index contributed by atoms with van der Waals surface area (Å²) in [5.74, 6) is -0.716. The Hall–Kier alpha value is -3.26. The largest absolute Gasteiger partial charge is 0.487 e. The lowest BCUT2D eigenvalue weighted by Gasteiger charge is -2.12. The molecule has 0 amide bonds. The first-order chi connectivity index (χ1) is 16.6. The Morgan fingerprint density at radius 3 is 2.66 bits per heavy atom. The van der Waals surface area contributed by atoms with Crippen molar-refractivity contribution in [1.29, 1.82) is 0 Å². The fourth-order valence-electron chi connectivity index (χ4n) is 4.76. The molecule has 0 bridgehead atoms. The van der Waals surface area contributed by atoms with Gasteiger partial charge in [-0.3, -0.25) is 9.78 Å². The van der Waals surface area contributed by atoms with Gasteiger partial charge in [0.25, 0.3) is 0 Å². The summed E-state index contributed by atoms with van der Waals surface area (Å²) in [4.78, 5) is 21.1. The summed E-state index contributed by atoms with van der Waals surface area (Å²) in [6.45, 7) is 6.39. The van der Waals surface area contributed by atoms with Crippen molar-refractivity contribution >= 4 is 32.9 Å². The summed E-state index contributed by atoms with van der Waals surface area (Å²) in [6.07, 6.45) is 1.80. The van der Waals surface area contributed by atoms with E-state index < -0.39 is 17.3 Å². The molecule has 180 valence electrons. The van der Waals surface area contributed by atoms with Crippen LogP contribution in [0.15, 0.2) is 59.2 Å². The summed E-state index contributed by atoms with van der Waals surface area (Å²) < 4.78 is 23.3. The number of pyridine rings is 1. The highest BCUT2D eigenvalue weighted by atomic mass is 79.9. The lowest BCUT2D eigenvalue weighted by molar-refractivity contribution is -0.139. The summed E-state index contributed by atoms with van der Waals surface area (Å²) in [6, 6.07) is 14.4. The topological polar surface area (TPSA) is 77.2 Å². The van der Waals surface area contributed by atoms with Gasteiger partial charge in [-0.25, -0.2) is 9.37 Å². The van der Waals surface area contributed by atoms with E-state index in [1.807, 2.05) is 55.7 Å². The van der Waals surface area contributed by atoms with Crippen LogP contribution in [0.5, 0.6) is 5.75 Å². The number of hydrogen-bond acceptors (Lipinski definition) is 4. The molecule has 1 saturated carbocycles. The van der Waals surface area contributed by atoms with Crippen molar-refractivity contribution in [2.24, 2.45) is 11.3 Å². The maximum absolute atomic E-state index is 14.8. The number of ether oxygens (including phenoxy) is 1. The van der Waals surface area contributed by atoms with Crippen LogP contribution < -0.4 is 4.74 Å². The van der Waals surface area contributed by atoms with Gasteiger partial charge in [0.1, 0.15) is 24.0 Å². The molecule has 2 heterocycles. The lowest BCUT2D eigenvalue weighted by atomic mass is 10.1. The molecule has 1 aliphatic carbocycles. The number of benzene rings is 2. The number of rotatable bonds is 7. The van der Waals surface area contributed by atoms with Crippen LogP contribution in [0, 0.1) is 24.1 Å². The molecule has 2 atom stereocenters. The molecule has 1 N–H and O–H groups in total. The zero-order valence-electron chi connectivity index (χ0n) is 19.6. The standard InChI is InChI=1S/C27H25BrFN3O3/c1-15-4-7-18(30-12-15)14-35-19-8-9-21-22(11-19)32(13-16-5-6-17(28)10-20(16)29)25(31-21)23-24(26(33)34)27(23,2)3/h4-12,23-24H,13-14H2,1-3H3,(H,33,34). The number of imidazole rings is 1. The second-order valence-corrected chi connectivity index (χ2v) is 10.6. The first kappa shape index (κ1) is 23.5. The second-order valence-electron chi connectivity index (χ2n) is 9.67. The number of nitrogens with zero attached hydrogens (tertiary/aromatic N) is 3. The lowest BCUT2D eigenvalue weighted by Crippen LogP contribution is -2.08. The van der Waals surface area contributed by atoms with Crippen molar-refractivity contribution in [1.82, 2.24) is 14.5 Å². The van der Waals surface area contributed by atoms with E-state index >= 15 is 0 Å². The number of hydrogen-bond donors (Lipinski definition) is 1. The smallest absolute Gasteiger partial charge is 0.307 e. The summed E-state index contributed by atoms with van der Waals surface area (Å²) in [7, 11) is 0. The van der Waals surface area contributed by atoms with Gasteiger partial charge in [0.05, 0.1) is 29.2 Å². The Morgan fingerprint density at radius 1 is 1.20 bits per heavy atom. The minimum absolute atomic E-state index is 0.229. The Labute approximate surface area is 210 Å². The molecule has 2 aromatic carbocycles. The highest BCUT2D eigenvalue weighted by Gasteiger charge is 2.64. The van der Waals surface area contributed by atoms with E-state index in [4.69, 9.17) is 9.72 Å². The van der Waals surface area contributed by atoms with Gasteiger partial charge in [0.2, 0.25) is 0 Å². The number of aromatic nitrogens is 3. The van der Waals surface area contributed by atoms with Gasteiger partial charge in [-0.15, -0.1) is 0 Å². The molecule has 0 radical (unpaired) electrons. The van der Waals surface area contributed by atoms with Crippen molar-refractivity contribution in [3.8, 4) is 5.75 Å². The van der Waals surface area contributed by atoms with Crippen LogP contribution in [-0.4, -0.2) is 25.6 Å². The van der Waals surface area contributed by atoms with Crippen LogP contribution in [0.2, 0.25) is 0 Å². The number of carbonyl (C=O) groups is 1. The van der Waals surface area contributed by atoms with Crippen molar-refractivity contribution in [3.05, 3.63) is 87.7 Å². The predicted molar refractivity (Wildman–Crippen MR) is 134 cm³/mol. The fourth-order valence-corrected chi connectivity index (χ4v) is 5.09. The molecule has 2 unspecified atom stereocenters. The highest BCUT2D eigenvalue weighted by Crippen LogP contribution is 2.64. The van der Waals surface area contributed by atoms with E-state index in [9.17, 15) is 14.3 Å². The van der Waals surface area contributed by atoms with E-state index in [1.165, 1.54) is 6.07 Å². The number of aliphatic carboxylic acids is 1. The van der Waals surface area contributed by atoms with Crippen LogP contribution in [0.1, 0.15) is 42.4 Å². The average Bonchev–Trinajstić information content (AvgIpc) is 3.22. The van der Waals surface area contributed by atoms with E-state index in [2.05, 4.69) is 20.9 Å². The molecular formula is C27H25BrFN3O3. The minimum atomic E-state index is -0.844. The summed E-state index contributed by atoms with van der Waals surface area (Å²) >= 11 is 3.30. The molecule has 5 rings (SSSR count). The fraction of sp³-hybridized carbons (Fsp3) is 0.296. The molecule has 8 heteroatoms. The second kappa shape index (κ2) is 8.75. The molecular weight excluding hydrogens is 513 g/mol. The zero-order chi connectivity index (χ0) is 24.9. The number of fused-ring (bicyclic) bond motifs is 1. The average molecular weight is 538 g/mol. The van der Waals surface area contributed by atoms with Crippen molar-refractivity contribution < 1.29 is 19.0 Å². The third-order valence-corrected chi connectivity index (χ3v) is 7.32. The minimum Gasteiger partial charge on any atom is -0.487 e. The van der Waals surface area contributed by atoms with E-state index in [0.717, 1.165) is 16.8 Å². The highest BCUT2D eigenvalue weighted by molar-refractivity contribution is 9.10. The molecule has 0 aliphatic heterocycles. The Balaban J connectivity index is 1.54. The molecule has 4 aromatic rings. The first-order valence-electron chi connectivity index (χ1n) is 11.4. The van der Waals surface area contributed by atoms with Gasteiger partial charge in [0.15, 0.2) is 0 Å². The van der Waals surface area contributed by atoms with Gasteiger partial charge in [-0.2, -0.15) is 0 Å². The van der Waals surface area contributed by atoms with E-state index in [-0.39, 0.29) is 18.3 Å². The van der Waals surface area contributed by atoms with Gasteiger partial charge in [-0.1, -0.05) is 41.9 Å². The van der Waals surface area contributed by atoms with Crippen LogP contribution in [0.25, 0.3) is 11.0 Å². The maximum Gasteiger partial charge on any atom is 0.307 e. The SMILES string of the molecule is Cc1ccc(COc2ccc3nc(C4C(C(=O)O)C4(C)C)n(Cc4ccc(Br)cc4F)c3c2)nc1.